The van der Waals surface area contributed by atoms with Crippen LogP contribution >= 0.6 is 11.6 Å². The maximum atomic E-state index is 13.1. The Hall–Kier alpha value is -2.80. The van der Waals surface area contributed by atoms with E-state index in [9.17, 15) is 9.59 Å². The number of amides is 2. The number of ether oxygens (including phenoxy) is 2. The summed E-state index contributed by atoms with van der Waals surface area (Å²) in [6, 6.07) is 6.08. The van der Waals surface area contributed by atoms with Gasteiger partial charge in [-0.1, -0.05) is 56.5 Å². The number of hydrogen-bond donors (Lipinski definition) is 1. The zero-order valence-corrected chi connectivity index (χ0v) is 23.6. The second-order valence-electron chi connectivity index (χ2n) is 11.1. The van der Waals surface area contributed by atoms with Crippen LogP contribution in [0.1, 0.15) is 59.3 Å². The van der Waals surface area contributed by atoms with Crippen molar-refractivity contribution in [3.8, 4) is 11.6 Å². The molecule has 6 atom stereocenters. The van der Waals surface area contributed by atoms with E-state index in [4.69, 9.17) is 21.1 Å². The molecule has 7 nitrogen and oxygen atoms in total. The Morgan fingerprint density at radius 1 is 1.29 bits per heavy atom. The molecule has 1 aromatic carbocycles. The van der Waals surface area contributed by atoms with Gasteiger partial charge in [0.1, 0.15) is 11.9 Å². The summed E-state index contributed by atoms with van der Waals surface area (Å²) in [7, 11) is 1.60. The molecule has 1 aromatic heterocycles. The first-order valence-electron chi connectivity index (χ1n) is 13.8. The Bertz CT molecular complexity index is 1160. The third-order valence-corrected chi connectivity index (χ3v) is 8.15. The van der Waals surface area contributed by atoms with E-state index in [-0.39, 0.29) is 18.1 Å². The molecular formula is C30H40ClN3O4. The van der Waals surface area contributed by atoms with Gasteiger partial charge in [0, 0.05) is 35.7 Å². The number of nitrogens with one attached hydrogen (secondary N) is 1. The largest absolute Gasteiger partial charge is 0.494 e. The van der Waals surface area contributed by atoms with E-state index in [0.717, 1.165) is 49.3 Å². The van der Waals surface area contributed by atoms with Gasteiger partial charge in [0.15, 0.2) is 0 Å². The van der Waals surface area contributed by atoms with E-state index >= 15 is 0 Å². The van der Waals surface area contributed by atoms with E-state index in [1.165, 1.54) is 0 Å². The lowest BCUT2D eigenvalue weighted by molar-refractivity contribution is -0.132. The normalized spacial score (nSPS) is 24.4. The van der Waals surface area contributed by atoms with E-state index in [1.807, 2.05) is 23.1 Å². The van der Waals surface area contributed by atoms with Gasteiger partial charge in [-0.05, 0) is 49.7 Å². The van der Waals surface area contributed by atoms with Crippen LogP contribution in [0.15, 0.2) is 36.5 Å². The number of aromatic nitrogens is 1. The molecule has 1 aliphatic carbocycles. The molecule has 0 spiro atoms. The fourth-order valence-corrected chi connectivity index (χ4v) is 5.73. The van der Waals surface area contributed by atoms with Crippen LogP contribution in [0.5, 0.6) is 11.6 Å². The quantitative estimate of drug-likeness (QED) is 0.256. The molecule has 1 N–H and O–H groups in total. The maximum Gasteiger partial charge on any atom is 0.223 e. The van der Waals surface area contributed by atoms with Gasteiger partial charge in [-0.25, -0.2) is 4.98 Å². The molecule has 0 radical (unpaired) electrons. The lowest BCUT2D eigenvalue weighted by Crippen LogP contribution is -2.35. The highest BCUT2D eigenvalue weighted by Gasteiger charge is 2.35. The Labute approximate surface area is 230 Å². The molecule has 2 fully saturated rings. The summed E-state index contributed by atoms with van der Waals surface area (Å²) in [5.74, 6) is 2.66. The molecule has 8 heteroatoms. The van der Waals surface area contributed by atoms with Gasteiger partial charge in [0.25, 0.3) is 0 Å². The predicted molar refractivity (Wildman–Crippen MR) is 151 cm³/mol. The highest BCUT2D eigenvalue weighted by atomic mass is 35.5. The Morgan fingerprint density at radius 2 is 2.11 bits per heavy atom. The SMILES string of the molecule is COc1cnc(O[C@@H]2CC(C)N(C(=O)CC(C)CCC[C@H](C)/C=C\[C@@H]3CC3NC=O)C2)c2cccc(Cl)c12. The number of pyridine rings is 1. The number of carbonyl (C=O) groups is 2. The van der Waals surface area contributed by atoms with Crippen molar-refractivity contribution in [1.82, 2.24) is 15.2 Å². The number of halogens is 1. The lowest BCUT2D eigenvalue weighted by Gasteiger charge is -2.23. The molecular weight excluding hydrogens is 502 g/mol. The van der Waals surface area contributed by atoms with Crippen molar-refractivity contribution in [2.75, 3.05) is 13.7 Å². The average Bonchev–Trinajstić information content (AvgIpc) is 3.53. The van der Waals surface area contributed by atoms with Crippen LogP contribution in [0.2, 0.25) is 5.02 Å². The van der Waals surface area contributed by atoms with Crippen molar-refractivity contribution in [2.45, 2.75) is 77.5 Å². The Kier molecular flexibility index (Phi) is 9.53. The van der Waals surface area contributed by atoms with Crippen LogP contribution in [0.25, 0.3) is 10.8 Å². The van der Waals surface area contributed by atoms with Crippen LogP contribution in [0.3, 0.4) is 0 Å². The summed E-state index contributed by atoms with van der Waals surface area (Å²) in [4.78, 5) is 30.1. The first kappa shape index (κ1) is 28.2. The van der Waals surface area contributed by atoms with Crippen molar-refractivity contribution in [3.05, 3.63) is 41.6 Å². The van der Waals surface area contributed by atoms with Crippen LogP contribution < -0.4 is 14.8 Å². The molecule has 2 aromatic rings. The number of methoxy groups -OCH3 is 1. The van der Waals surface area contributed by atoms with E-state index in [2.05, 4.69) is 43.2 Å². The topological polar surface area (TPSA) is 80.8 Å². The fraction of sp³-hybridized carbons (Fsp3) is 0.567. The molecule has 1 saturated heterocycles. The van der Waals surface area contributed by atoms with E-state index < -0.39 is 0 Å². The summed E-state index contributed by atoms with van der Waals surface area (Å²) in [5.41, 5.74) is 0. The fourth-order valence-electron chi connectivity index (χ4n) is 5.47. The Morgan fingerprint density at radius 3 is 2.87 bits per heavy atom. The lowest BCUT2D eigenvalue weighted by atomic mass is 9.95. The summed E-state index contributed by atoms with van der Waals surface area (Å²) in [6.07, 6.45) is 12.4. The molecule has 2 heterocycles. The van der Waals surface area contributed by atoms with Gasteiger partial charge in [0.2, 0.25) is 18.2 Å². The summed E-state index contributed by atoms with van der Waals surface area (Å²) in [5, 5.41) is 5.01. The zero-order chi connectivity index (χ0) is 27.2. The molecule has 38 heavy (non-hydrogen) atoms. The highest BCUT2D eigenvalue weighted by molar-refractivity contribution is 6.36. The van der Waals surface area contributed by atoms with Crippen LogP contribution in [0.4, 0.5) is 0 Å². The monoisotopic (exact) mass is 541 g/mol. The number of fused-ring (bicyclic) bond motifs is 1. The molecule has 3 unspecified atom stereocenters. The second-order valence-corrected chi connectivity index (χ2v) is 11.5. The number of benzene rings is 1. The molecule has 0 bridgehead atoms. The number of nitrogens with zero attached hydrogens (tertiary/aromatic N) is 2. The van der Waals surface area contributed by atoms with Crippen molar-refractivity contribution in [1.29, 1.82) is 0 Å². The number of carbonyl (C=O) groups excluding carboxylic acids is 2. The number of rotatable bonds is 13. The van der Waals surface area contributed by atoms with Gasteiger partial charge in [-0.15, -0.1) is 0 Å². The smallest absolute Gasteiger partial charge is 0.223 e. The van der Waals surface area contributed by atoms with Crippen molar-refractivity contribution < 1.29 is 19.1 Å². The number of allylic oxidation sites excluding steroid dienone is 1. The van der Waals surface area contributed by atoms with Gasteiger partial charge in [-0.2, -0.15) is 0 Å². The van der Waals surface area contributed by atoms with E-state index in [1.54, 1.807) is 13.3 Å². The standard InChI is InChI=1S/C30H40ClN3O4/c1-19(11-12-22-15-26(22)33-18-35)7-5-8-20(2)13-28(36)34-17-23(14-21(34)3)38-30-24-9-6-10-25(31)29(24)27(37-4)16-32-30/h6,9-12,16,18-23,26H,5,7-8,13-15,17H2,1-4H3,(H,33,35)/b12-11-/t19-,20?,21?,22+,23+,26?/m0/s1. The van der Waals surface area contributed by atoms with Crippen LogP contribution in [-0.2, 0) is 9.59 Å². The summed E-state index contributed by atoms with van der Waals surface area (Å²) >= 11 is 6.43. The van der Waals surface area contributed by atoms with Crippen LogP contribution in [0, 0.1) is 17.8 Å². The molecule has 1 aliphatic heterocycles. The minimum atomic E-state index is -0.118. The number of hydrogen-bond acceptors (Lipinski definition) is 5. The highest BCUT2D eigenvalue weighted by Crippen LogP contribution is 2.37. The Balaban J connectivity index is 1.23. The number of likely N-dealkylation sites (tertiary alicyclic amines) is 1. The van der Waals surface area contributed by atoms with Gasteiger partial charge in [0.05, 0.1) is 24.9 Å². The van der Waals surface area contributed by atoms with Gasteiger partial charge < -0.3 is 19.7 Å². The van der Waals surface area contributed by atoms with Gasteiger partial charge in [-0.3, -0.25) is 9.59 Å². The minimum Gasteiger partial charge on any atom is -0.494 e. The maximum absolute atomic E-state index is 13.1. The molecule has 4 rings (SSSR count). The zero-order valence-electron chi connectivity index (χ0n) is 22.9. The molecule has 1 saturated carbocycles. The van der Waals surface area contributed by atoms with Crippen molar-refractivity contribution in [2.24, 2.45) is 17.8 Å². The molecule has 2 aliphatic rings. The third kappa shape index (κ3) is 6.99. The van der Waals surface area contributed by atoms with Crippen molar-refractivity contribution >= 4 is 34.7 Å². The molecule has 2 amide bonds. The first-order valence-corrected chi connectivity index (χ1v) is 14.1. The first-order chi connectivity index (χ1) is 18.3. The minimum absolute atomic E-state index is 0.118. The van der Waals surface area contributed by atoms with Crippen LogP contribution in [-0.4, -0.2) is 54.0 Å². The second kappa shape index (κ2) is 12.8. The third-order valence-electron chi connectivity index (χ3n) is 7.83. The van der Waals surface area contributed by atoms with Gasteiger partial charge >= 0.3 is 0 Å². The summed E-state index contributed by atoms with van der Waals surface area (Å²) in [6.45, 7) is 7.05. The molecule has 206 valence electrons. The summed E-state index contributed by atoms with van der Waals surface area (Å²) < 4.78 is 11.7. The predicted octanol–water partition coefficient (Wildman–Crippen LogP) is 5.79. The average molecular weight is 542 g/mol. The van der Waals surface area contributed by atoms with E-state index in [0.29, 0.717) is 53.4 Å². The van der Waals surface area contributed by atoms with Crippen molar-refractivity contribution in [3.63, 3.8) is 0 Å².